The number of benzene rings is 2. The van der Waals surface area contributed by atoms with E-state index in [0.717, 1.165) is 0 Å². The number of nitrogens with zero attached hydrogens (tertiary/aromatic N) is 2. The van der Waals surface area contributed by atoms with E-state index in [1.807, 2.05) is 12.4 Å². The summed E-state index contributed by atoms with van der Waals surface area (Å²) < 4.78 is 0. The number of rotatable bonds is 3. The maximum absolute atomic E-state index is 4.24. The van der Waals surface area contributed by atoms with Gasteiger partial charge in [0.15, 0.2) is 0 Å². The molecule has 0 fully saturated rings. The SMILES string of the molecule is CN(C)c1ccc(C2=C/C(=C3/C=CN=C3)SC(c3ccccc3)=C2)cc1. The standard InChI is InChI=1S/C23H20N2S/c1-25(2)21-10-8-17(9-11-21)20-14-22(18-6-4-3-5-7-18)26-23(15-20)19-12-13-24-16-19/h3-16H,1-2H3/b23-19+. The summed E-state index contributed by atoms with van der Waals surface area (Å²) in [5.41, 5.74) is 6.06. The first-order valence-electron chi connectivity index (χ1n) is 8.59. The molecule has 2 aliphatic rings. The van der Waals surface area contributed by atoms with Gasteiger partial charge in [-0.1, -0.05) is 54.2 Å². The highest BCUT2D eigenvalue weighted by molar-refractivity contribution is 8.12. The van der Waals surface area contributed by atoms with E-state index in [9.17, 15) is 0 Å². The van der Waals surface area contributed by atoms with Gasteiger partial charge >= 0.3 is 0 Å². The van der Waals surface area contributed by atoms with E-state index in [-0.39, 0.29) is 0 Å². The van der Waals surface area contributed by atoms with Gasteiger partial charge in [-0.25, -0.2) is 0 Å². The Labute approximate surface area is 159 Å². The molecule has 0 atom stereocenters. The monoisotopic (exact) mass is 356 g/mol. The molecule has 0 N–H and O–H groups in total. The highest BCUT2D eigenvalue weighted by Gasteiger charge is 2.16. The zero-order valence-corrected chi connectivity index (χ0v) is 15.7. The van der Waals surface area contributed by atoms with Gasteiger partial charge in [0.05, 0.1) is 0 Å². The Hall–Kier alpha value is -2.78. The lowest BCUT2D eigenvalue weighted by Gasteiger charge is -2.18. The van der Waals surface area contributed by atoms with Crippen LogP contribution in [0, 0.1) is 0 Å². The molecule has 0 unspecified atom stereocenters. The van der Waals surface area contributed by atoms with Crippen LogP contribution in [0.5, 0.6) is 0 Å². The molecule has 2 aliphatic heterocycles. The second kappa shape index (κ2) is 7.22. The lowest BCUT2D eigenvalue weighted by atomic mass is 10.0. The minimum absolute atomic E-state index is 1.17. The average Bonchev–Trinajstić information content (AvgIpc) is 3.23. The Kier molecular flexibility index (Phi) is 4.63. The van der Waals surface area contributed by atoms with Crippen molar-refractivity contribution in [2.24, 2.45) is 4.99 Å². The number of aliphatic imine (C=N–C) groups is 1. The molecule has 4 rings (SSSR count). The summed E-state index contributed by atoms with van der Waals surface area (Å²) in [4.78, 5) is 8.85. The molecule has 0 spiro atoms. The summed E-state index contributed by atoms with van der Waals surface area (Å²) in [6.07, 6.45) is 10.4. The van der Waals surface area contributed by atoms with Crippen LogP contribution in [-0.2, 0) is 0 Å². The van der Waals surface area contributed by atoms with E-state index in [1.165, 1.54) is 37.8 Å². The van der Waals surface area contributed by atoms with Crippen molar-refractivity contribution in [3.63, 3.8) is 0 Å². The van der Waals surface area contributed by atoms with Gasteiger partial charge in [0, 0.05) is 47.6 Å². The van der Waals surface area contributed by atoms with Gasteiger partial charge in [-0.2, -0.15) is 0 Å². The maximum atomic E-state index is 4.24. The Morgan fingerprint density at radius 3 is 2.27 bits per heavy atom. The predicted molar refractivity (Wildman–Crippen MR) is 115 cm³/mol. The Bertz CT molecular complexity index is 945. The molecule has 0 aliphatic carbocycles. The molecule has 0 amide bonds. The molecule has 2 aromatic rings. The number of thioether (sulfide) groups is 1. The Morgan fingerprint density at radius 1 is 0.846 bits per heavy atom. The summed E-state index contributed by atoms with van der Waals surface area (Å²) >= 11 is 1.80. The smallest absolute Gasteiger partial charge is 0.0361 e. The largest absolute Gasteiger partial charge is 0.378 e. The highest BCUT2D eigenvalue weighted by Crippen LogP contribution is 2.43. The topological polar surface area (TPSA) is 15.6 Å². The fourth-order valence-corrected chi connectivity index (χ4v) is 4.04. The van der Waals surface area contributed by atoms with Gasteiger partial charge in [0.2, 0.25) is 0 Å². The average molecular weight is 356 g/mol. The third kappa shape index (κ3) is 3.44. The van der Waals surface area contributed by atoms with Crippen LogP contribution in [0.3, 0.4) is 0 Å². The van der Waals surface area contributed by atoms with E-state index in [2.05, 4.69) is 96.8 Å². The molecule has 26 heavy (non-hydrogen) atoms. The third-order valence-electron chi connectivity index (χ3n) is 4.41. The second-order valence-corrected chi connectivity index (χ2v) is 7.51. The van der Waals surface area contributed by atoms with Crippen LogP contribution in [0.2, 0.25) is 0 Å². The molecular weight excluding hydrogens is 336 g/mol. The van der Waals surface area contributed by atoms with E-state index >= 15 is 0 Å². The summed E-state index contributed by atoms with van der Waals surface area (Å²) in [6, 6.07) is 19.3. The first-order valence-corrected chi connectivity index (χ1v) is 9.41. The number of anilines is 1. The first-order chi connectivity index (χ1) is 12.7. The summed E-state index contributed by atoms with van der Waals surface area (Å²) in [5, 5.41) is 0. The van der Waals surface area contributed by atoms with Crippen molar-refractivity contribution in [1.82, 2.24) is 0 Å². The van der Waals surface area contributed by atoms with Gasteiger partial charge in [0.1, 0.15) is 0 Å². The number of allylic oxidation sites excluding steroid dienone is 5. The molecule has 2 heterocycles. The lowest BCUT2D eigenvalue weighted by molar-refractivity contribution is 1.13. The van der Waals surface area contributed by atoms with Crippen LogP contribution in [0.15, 0.2) is 94.5 Å². The van der Waals surface area contributed by atoms with Crippen molar-refractivity contribution in [1.29, 1.82) is 0 Å². The minimum Gasteiger partial charge on any atom is -0.378 e. The quantitative estimate of drug-likeness (QED) is 0.693. The molecule has 0 bridgehead atoms. The van der Waals surface area contributed by atoms with Crippen LogP contribution >= 0.6 is 11.8 Å². The van der Waals surface area contributed by atoms with Crippen molar-refractivity contribution in [2.75, 3.05) is 19.0 Å². The zero-order valence-electron chi connectivity index (χ0n) is 14.9. The highest BCUT2D eigenvalue weighted by atomic mass is 32.2. The normalized spacial score (nSPS) is 18.7. The number of hydrogen-bond donors (Lipinski definition) is 0. The fourth-order valence-electron chi connectivity index (χ4n) is 2.94. The van der Waals surface area contributed by atoms with Crippen LogP contribution in [-0.4, -0.2) is 20.3 Å². The summed E-state index contributed by atoms with van der Waals surface area (Å²) in [6.45, 7) is 0. The predicted octanol–water partition coefficient (Wildman–Crippen LogP) is 5.78. The molecule has 2 aromatic carbocycles. The van der Waals surface area contributed by atoms with Gasteiger partial charge in [-0.3, -0.25) is 4.99 Å². The molecule has 2 nitrogen and oxygen atoms in total. The van der Waals surface area contributed by atoms with Crippen molar-refractivity contribution in [2.45, 2.75) is 0 Å². The molecule has 0 saturated carbocycles. The van der Waals surface area contributed by atoms with E-state index in [0.29, 0.717) is 0 Å². The fraction of sp³-hybridized carbons (Fsp3) is 0.0870. The lowest BCUT2D eigenvalue weighted by Crippen LogP contribution is -2.08. The van der Waals surface area contributed by atoms with Crippen LogP contribution in [0.4, 0.5) is 5.69 Å². The Morgan fingerprint density at radius 2 is 1.62 bits per heavy atom. The van der Waals surface area contributed by atoms with E-state index in [4.69, 9.17) is 0 Å². The van der Waals surface area contributed by atoms with E-state index in [1.54, 1.807) is 11.8 Å². The molecule has 3 heteroatoms. The van der Waals surface area contributed by atoms with Gasteiger partial charge < -0.3 is 4.90 Å². The zero-order chi connectivity index (χ0) is 17.9. The van der Waals surface area contributed by atoms with Gasteiger partial charge in [-0.15, -0.1) is 0 Å². The Balaban J connectivity index is 1.79. The minimum atomic E-state index is 1.17. The first kappa shape index (κ1) is 16.7. The molecule has 0 radical (unpaired) electrons. The van der Waals surface area contributed by atoms with Crippen molar-refractivity contribution in [3.8, 4) is 0 Å². The molecular formula is C23H20N2S. The summed E-state index contributed by atoms with van der Waals surface area (Å²) in [7, 11) is 4.13. The molecule has 0 saturated heterocycles. The van der Waals surface area contributed by atoms with Crippen molar-refractivity contribution in [3.05, 3.63) is 101 Å². The van der Waals surface area contributed by atoms with Crippen molar-refractivity contribution >= 4 is 34.1 Å². The van der Waals surface area contributed by atoms with Crippen LogP contribution in [0.1, 0.15) is 11.1 Å². The van der Waals surface area contributed by atoms with Crippen molar-refractivity contribution < 1.29 is 0 Å². The second-order valence-electron chi connectivity index (χ2n) is 6.43. The molecule has 128 valence electrons. The summed E-state index contributed by atoms with van der Waals surface area (Å²) in [5.74, 6) is 0. The maximum Gasteiger partial charge on any atom is 0.0361 e. The van der Waals surface area contributed by atoms with Crippen LogP contribution < -0.4 is 4.90 Å². The third-order valence-corrected chi connectivity index (χ3v) is 5.55. The van der Waals surface area contributed by atoms with Gasteiger partial charge in [0.25, 0.3) is 0 Å². The van der Waals surface area contributed by atoms with E-state index < -0.39 is 0 Å². The van der Waals surface area contributed by atoms with Crippen LogP contribution in [0.25, 0.3) is 10.5 Å². The number of hydrogen-bond acceptors (Lipinski definition) is 3. The van der Waals surface area contributed by atoms with Gasteiger partial charge in [-0.05, 0) is 47.1 Å². The molecule has 0 aromatic heterocycles.